The van der Waals surface area contributed by atoms with E-state index in [0.29, 0.717) is 32.8 Å². The molecule has 0 aliphatic rings. The van der Waals surface area contributed by atoms with Crippen LogP contribution in [0.15, 0.2) is 65.1 Å². The maximum atomic E-state index is 11.6. The van der Waals surface area contributed by atoms with Gasteiger partial charge in [0.05, 0.1) is 17.2 Å². The van der Waals surface area contributed by atoms with Crippen molar-refractivity contribution in [1.29, 1.82) is 0 Å². The molecular weight excluding hydrogens is 487 g/mol. The molecule has 2 N–H and O–H groups in total. The summed E-state index contributed by atoms with van der Waals surface area (Å²) in [5.41, 5.74) is 9.59. The van der Waals surface area contributed by atoms with E-state index < -0.39 is 12.0 Å². The zero-order valence-corrected chi connectivity index (χ0v) is 19.9. The summed E-state index contributed by atoms with van der Waals surface area (Å²) in [6, 6.07) is 17.9. The largest absolute Gasteiger partial charge is 0.486 e. The number of hydrogen-bond acceptors (Lipinski definition) is 6. The van der Waals surface area contributed by atoms with Crippen molar-refractivity contribution in [2.45, 2.75) is 19.1 Å². The Morgan fingerprint density at radius 1 is 1.09 bits per heavy atom. The predicted octanol–water partition coefficient (Wildman–Crippen LogP) is 5.85. The highest BCUT2D eigenvalue weighted by atomic mass is 35.5. The zero-order chi connectivity index (χ0) is 22.7. The summed E-state index contributed by atoms with van der Waals surface area (Å²) in [6.07, 6.45) is 0.242. The van der Waals surface area contributed by atoms with Crippen LogP contribution in [0.1, 0.15) is 11.1 Å². The Hall–Kier alpha value is -2.77. The van der Waals surface area contributed by atoms with Crippen LogP contribution in [0.25, 0.3) is 22.6 Å². The molecule has 1 heterocycles. The van der Waals surface area contributed by atoms with Crippen LogP contribution in [0.4, 0.5) is 0 Å². The van der Waals surface area contributed by atoms with Gasteiger partial charge in [0.2, 0.25) is 5.89 Å². The third kappa shape index (κ3) is 5.60. The fourth-order valence-corrected chi connectivity index (χ4v) is 3.97. The molecule has 0 aliphatic heterocycles. The Bertz CT molecular complexity index is 1240. The molecule has 1 atom stereocenters. The van der Waals surface area contributed by atoms with Crippen LogP contribution in [0.5, 0.6) is 5.75 Å². The standard InChI is InChI=1S/C24H20Cl2N2O4.ClH/c1-30-24(29)19(27)12-14-10-17(25)22(18(26)11-14)31-13-16-8-5-9-20-21(16)32-23(28-20)15-6-3-2-4-7-15;/h2-11,19H,12-13,27H2,1H3;1H. The van der Waals surface area contributed by atoms with Gasteiger partial charge in [-0.3, -0.25) is 4.79 Å². The number of rotatable bonds is 7. The van der Waals surface area contributed by atoms with Crippen molar-refractivity contribution in [3.63, 3.8) is 0 Å². The van der Waals surface area contributed by atoms with Gasteiger partial charge >= 0.3 is 5.97 Å². The molecule has 33 heavy (non-hydrogen) atoms. The van der Waals surface area contributed by atoms with Gasteiger partial charge in [0.25, 0.3) is 0 Å². The molecule has 6 nitrogen and oxygen atoms in total. The average Bonchev–Trinajstić information content (AvgIpc) is 3.23. The number of carbonyl (C=O) groups is 1. The van der Waals surface area contributed by atoms with Crippen LogP contribution in [-0.2, 0) is 22.6 Å². The van der Waals surface area contributed by atoms with Crippen LogP contribution >= 0.6 is 35.6 Å². The number of oxazole rings is 1. The highest BCUT2D eigenvalue weighted by molar-refractivity contribution is 6.37. The molecule has 0 amide bonds. The fourth-order valence-electron chi connectivity index (χ4n) is 3.33. The minimum Gasteiger partial charge on any atom is -0.486 e. The topological polar surface area (TPSA) is 87.6 Å². The number of methoxy groups -OCH3 is 1. The number of aromatic nitrogens is 1. The van der Waals surface area contributed by atoms with E-state index in [1.165, 1.54) is 7.11 Å². The molecule has 172 valence electrons. The van der Waals surface area contributed by atoms with Crippen LogP contribution in [-0.4, -0.2) is 24.1 Å². The van der Waals surface area contributed by atoms with E-state index >= 15 is 0 Å². The number of ether oxygens (including phenoxy) is 2. The second-order valence-corrected chi connectivity index (χ2v) is 7.98. The van der Waals surface area contributed by atoms with E-state index in [4.69, 9.17) is 38.1 Å². The molecular formula is C24H21Cl3N2O4. The van der Waals surface area contributed by atoms with Gasteiger partial charge < -0.3 is 19.6 Å². The number of halogens is 3. The Labute approximate surface area is 207 Å². The molecule has 0 saturated heterocycles. The van der Waals surface area contributed by atoms with Gasteiger partial charge in [-0.25, -0.2) is 4.98 Å². The first-order chi connectivity index (χ1) is 15.5. The summed E-state index contributed by atoms with van der Waals surface area (Å²) >= 11 is 12.8. The average molecular weight is 508 g/mol. The molecule has 4 rings (SSSR count). The van der Waals surface area contributed by atoms with Gasteiger partial charge in [0.1, 0.15) is 18.2 Å². The molecule has 0 bridgehead atoms. The summed E-state index contributed by atoms with van der Waals surface area (Å²) in [5, 5.41) is 0.638. The van der Waals surface area contributed by atoms with Crippen molar-refractivity contribution < 1.29 is 18.7 Å². The SMILES string of the molecule is COC(=O)C(N)Cc1cc(Cl)c(OCc2cccc3nc(-c4ccccc4)oc23)c(Cl)c1.Cl. The molecule has 0 saturated carbocycles. The van der Waals surface area contributed by atoms with Gasteiger partial charge in [0, 0.05) is 11.1 Å². The van der Waals surface area contributed by atoms with E-state index in [2.05, 4.69) is 9.72 Å². The first kappa shape index (κ1) is 24.9. The van der Waals surface area contributed by atoms with Gasteiger partial charge in [-0.2, -0.15) is 0 Å². The predicted molar refractivity (Wildman–Crippen MR) is 131 cm³/mol. The van der Waals surface area contributed by atoms with Gasteiger partial charge in [-0.1, -0.05) is 53.5 Å². The van der Waals surface area contributed by atoms with Crippen LogP contribution in [0, 0.1) is 0 Å². The van der Waals surface area contributed by atoms with Crippen molar-refractivity contribution in [2.75, 3.05) is 7.11 Å². The lowest BCUT2D eigenvalue weighted by Gasteiger charge is -2.14. The lowest BCUT2D eigenvalue weighted by atomic mass is 10.1. The number of para-hydroxylation sites is 1. The number of benzene rings is 3. The second kappa shape index (κ2) is 10.9. The number of carbonyl (C=O) groups excluding carboxylic acids is 1. The first-order valence-corrected chi connectivity index (χ1v) is 10.6. The third-order valence-electron chi connectivity index (χ3n) is 4.91. The quantitative estimate of drug-likeness (QED) is 0.316. The number of nitrogens with two attached hydrogens (primary N) is 1. The summed E-state index contributed by atoms with van der Waals surface area (Å²) in [7, 11) is 1.29. The number of hydrogen-bond donors (Lipinski definition) is 1. The molecule has 1 aromatic heterocycles. The minimum absolute atomic E-state index is 0. The smallest absolute Gasteiger partial charge is 0.322 e. The molecule has 9 heteroatoms. The zero-order valence-electron chi connectivity index (χ0n) is 17.6. The summed E-state index contributed by atoms with van der Waals surface area (Å²) in [5.74, 6) is 0.367. The van der Waals surface area contributed by atoms with E-state index in [1.54, 1.807) is 12.1 Å². The normalized spacial score (nSPS) is 11.6. The van der Waals surface area contributed by atoms with Gasteiger partial charge in [0.15, 0.2) is 11.3 Å². The number of nitrogens with zero attached hydrogens (tertiary/aromatic N) is 1. The summed E-state index contributed by atoms with van der Waals surface area (Å²) < 4.78 is 16.6. The Balaban J connectivity index is 0.00000306. The van der Waals surface area contributed by atoms with Crippen molar-refractivity contribution >= 4 is 52.7 Å². The Morgan fingerprint density at radius 2 is 1.79 bits per heavy atom. The van der Waals surface area contributed by atoms with E-state index in [9.17, 15) is 4.79 Å². The van der Waals surface area contributed by atoms with Gasteiger partial charge in [-0.05, 0) is 42.3 Å². The van der Waals surface area contributed by atoms with Crippen molar-refractivity contribution in [2.24, 2.45) is 5.73 Å². The second-order valence-electron chi connectivity index (χ2n) is 7.16. The highest BCUT2D eigenvalue weighted by Crippen LogP contribution is 2.36. The fraction of sp³-hybridized carbons (Fsp3) is 0.167. The minimum atomic E-state index is -0.804. The van der Waals surface area contributed by atoms with Crippen LogP contribution in [0.2, 0.25) is 10.0 Å². The Kier molecular flexibility index (Phi) is 8.21. The van der Waals surface area contributed by atoms with Crippen LogP contribution < -0.4 is 10.5 Å². The van der Waals surface area contributed by atoms with Crippen molar-refractivity contribution in [1.82, 2.24) is 4.98 Å². The lowest BCUT2D eigenvalue weighted by molar-refractivity contribution is -0.142. The Morgan fingerprint density at radius 3 is 2.45 bits per heavy atom. The first-order valence-electron chi connectivity index (χ1n) is 9.84. The van der Waals surface area contributed by atoms with Crippen molar-refractivity contribution in [3.05, 3.63) is 81.8 Å². The molecule has 1 unspecified atom stereocenters. The van der Waals surface area contributed by atoms with Crippen LogP contribution in [0.3, 0.4) is 0 Å². The molecule has 0 spiro atoms. The lowest BCUT2D eigenvalue weighted by Crippen LogP contribution is -2.33. The highest BCUT2D eigenvalue weighted by Gasteiger charge is 2.18. The molecule has 0 fully saturated rings. The maximum Gasteiger partial charge on any atom is 0.322 e. The van der Waals surface area contributed by atoms with E-state index in [-0.39, 0.29) is 25.4 Å². The summed E-state index contributed by atoms with van der Waals surface area (Å²) in [4.78, 5) is 16.1. The maximum absolute atomic E-state index is 11.6. The van der Waals surface area contributed by atoms with E-state index in [0.717, 1.165) is 16.6 Å². The molecule has 0 aliphatic carbocycles. The molecule has 4 aromatic rings. The number of fused-ring (bicyclic) bond motifs is 1. The monoisotopic (exact) mass is 506 g/mol. The van der Waals surface area contributed by atoms with E-state index in [1.807, 2.05) is 48.5 Å². The summed E-state index contributed by atoms with van der Waals surface area (Å²) in [6.45, 7) is 0.182. The molecule has 0 radical (unpaired) electrons. The van der Waals surface area contributed by atoms with Gasteiger partial charge in [-0.15, -0.1) is 12.4 Å². The number of esters is 1. The third-order valence-corrected chi connectivity index (χ3v) is 5.47. The van der Waals surface area contributed by atoms with Crippen molar-refractivity contribution in [3.8, 4) is 17.2 Å². The molecule has 3 aromatic carbocycles.